The van der Waals surface area contributed by atoms with Gasteiger partial charge < -0.3 is 14.2 Å². The quantitative estimate of drug-likeness (QED) is 0.858. The molecule has 5 heteroatoms. The minimum atomic E-state index is -0.00865. The number of methoxy groups -OCH3 is 1. The highest BCUT2D eigenvalue weighted by atomic mass is 16.5. The molecule has 1 unspecified atom stereocenters. The predicted molar refractivity (Wildman–Crippen MR) is 91.5 cm³/mol. The van der Waals surface area contributed by atoms with Crippen molar-refractivity contribution in [2.45, 2.75) is 46.1 Å². The number of aromatic nitrogens is 1. The molecule has 0 radical (unpaired) electrons. The van der Waals surface area contributed by atoms with Gasteiger partial charge in [0.15, 0.2) is 5.76 Å². The highest BCUT2D eigenvalue weighted by Crippen LogP contribution is 2.34. The molecular formula is C19H24N2O3. The number of fused-ring (bicyclic) bond motifs is 1. The second-order valence-electron chi connectivity index (χ2n) is 6.65. The van der Waals surface area contributed by atoms with Crippen LogP contribution >= 0.6 is 0 Å². The number of benzene rings is 1. The molecule has 1 atom stereocenters. The molecule has 0 spiro atoms. The van der Waals surface area contributed by atoms with Gasteiger partial charge in [-0.15, -0.1) is 0 Å². The lowest BCUT2D eigenvalue weighted by molar-refractivity contribution is 0.0673. The number of carbonyl (C=O) groups is 1. The van der Waals surface area contributed by atoms with E-state index >= 15 is 0 Å². The van der Waals surface area contributed by atoms with E-state index in [9.17, 15) is 4.79 Å². The normalized spacial score (nSPS) is 17.1. The molecule has 1 aromatic carbocycles. The second kappa shape index (κ2) is 6.30. The molecule has 2 aromatic rings. The van der Waals surface area contributed by atoms with Crippen LogP contribution in [-0.2, 0) is 6.42 Å². The van der Waals surface area contributed by atoms with Crippen LogP contribution in [0.25, 0.3) is 0 Å². The predicted octanol–water partition coefficient (Wildman–Crippen LogP) is 3.87. The van der Waals surface area contributed by atoms with E-state index in [4.69, 9.17) is 9.26 Å². The zero-order valence-corrected chi connectivity index (χ0v) is 14.9. The molecule has 1 aliphatic rings. The third kappa shape index (κ3) is 2.68. The van der Waals surface area contributed by atoms with Crippen molar-refractivity contribution in [2.75, 3.05) is 13.7 Å². The van der Waals surface area contributed by atoms with Gasteiger partial charge in [0.05, 0.1) is 18.8 Å². The Morgan fingerprint density at radius 2 is 2.17 bits per heavy atom. The molecule has 2 heterocycles. The average molecular weight is 328 g/mol. The van der Waals surface area contributed by atoms with Gasteiger partial charge in [-0.25, -0.2) is 0 Å². The van der Waals surface area contributed by atoms with Crippen LogP contribution in [0.2, 0.25) is 0 Å². The molecule has 0 N–H and O–H groups in total. The molecule has 0 aliphatic carbocycles. The molecule has 5 nitrogen and oxygen atoms in total. The van der Waals surface area contributed by atoms with E-state index in [-0.39, 0.29) is 17.9 Å². The lowest BCUT2D eigenvalue weighted by atomic mass is 9.92. The maximum Gasteiger partial charge on any atom is 0.259 e. The maximum absolute atomic E-state index is 13.2. The first-order chi connectivity index (χ1) is 11.4. The minimum absolute atomic E-state index is 0.00146. The van der Waals surface area contributed by atoms with E-state index in [2.05, 4.69) is 18.1 Å². The van der Waals surface area contributed by atoms with Crippen LogP contribution in [0.1, 0.15) is 65.7 Å². The van der Waals surface area contributed by atoms with Gasteiger partial charge in [0.25, 0.3) is 5.91 Å². The van der Waals surface area contributed by atoms with E-state index in [0.29, 0.717) is 23.6 Å². The molecule has 1 aliphatic heterocycles. The molecule has 1 aromatic heterocycles. The van der Waals surface area contributed by atoms with Gasteiger partial charge in [-0.2, -0.15) is 0 Å². The molecule has 0 saturated carbocycles. The Hall–Kier alpha value is -2.30. The minimum Gasteiger partial charge on any atom is -0.497 e. The van der Waals surface area contributed by atoms with E-state index in [0.717, 1.165) is 17.7 Å². The number of rotatable bonds is 3. The second-order valence-corrected chi connectivity index (χ2v) is 6.65. The van der Waals surface area contributed by atoms with Crippen molar-refractivity contribution in [1.29, 1.82) is 0 Å². The smallest absolute Gasteiger partial charge is 0.259 e. The molecular weight excluding hydrogens is 304 g/mol. The lowest BCUT2D eigenvalue weighted by Gasteiger charge is -2.35. The molecule has 24 heavy (non-hydrogen) atoms. The Morgan fingerprint density at radius 3 is 2.83 bits per heavy atom. The molecule has 128 valence electrons. The first-order valence-corrected chi connectivity index (χ1v) is 8.38. The van der Waals surface area contributed by atoms with Gasteiger partial charge in [0, 0.05) is 12.5 Å². The number of nitrogens with zero attached hydrogens (tertiary/aromatic N) is 2. The van der Waals surface area contributed by atoms with Gasteiger partial charge >= 0.3 is 0 Å². The van der Waals surface area contributed by atoms with Gasteiger partial charge in [-0.1, -0.05) is 25.1 Å². The van der Waals surface area contributed by atoms with E-state index in [1.54, 1.807) is 7.11 Å². The van der Waals surface area contributed by atoms with Crippen LogP contribution in [0.4, 0.5) is 0 Å². The fraction of sp³-hybridized carbons (Fsp3) is 0.474. The Balaban J connectivity index is 1.96. The summed E-state index contributed by atoms with van der Waals surface area (Å²) in [6.45, 7) is 8.61. The van der Waals surface area contributed by atoms with Crippen molar-refractivity contribution >= 4 is 5.91 Å². The standard InChI is InChI=1S/C19H24N2O3/c1-11(2)18-17(12(3)20-24-18)19(22)21-9-8-14-6-7-15(23-5)10-16(14)13(21)4/h6-7,10-11,13H,8-9H2,1-5H3. The number of amides is 1. The summed E-state index contributed by atoms with van der Waals surface area (Å²) in [6.07, 6.45) is 0.844. The number of carbonyl (C=O) groups excluding carboxylic acids is 1. The number of ether oxygens (including phenoxy) is 1. The monoisotopic (exact) mass is 328 g/mol. The van der Waals surface area contributed by atoms with Gasteiger partial charge in [0.1, 0.15) is 11.3 Å². The molecule has 0 saturated heterocycles. The van der Waals surface area contributed by atoms with Crippen molar-refractivity contribution in [1.82, 2.24) is 10.1 Å². The van der Waals surface area contributed by atoms with Crippen molar-refractivity contribution in [2.24, 2.45) is 0 Å². The zero-order valence-electron chi connectivity index (χ0n) is 14.9. The molecule has 1 amide bonds. The Morgan fingerprint density at radius 1 is 1.42 bits per heavy atom. The van der Waals surface area contributed by atoms with Crippen molar-refractivity contribution in [3.05, 3.63) is 46.3 Å². The van der Waals surface area contributed by atoms with Crippen molar-refractivity contribution in [3.8, 4) is 5.75 Å². The summed E-state index contributed by atoms with van der Waals surface area (Å²) >= 11 is 0. The van der Waals surface area contributed by atoms with Crippen LogP contribution in [0, 0.1) is 6.92 Å². The summed E-state index contributed by atoms with van der Waals surface area (Å²) in [5.41, 5.74) is 3.70. The SMILES string of the molecule is COc1ccc2c(c1)C(C)N(C(=O)c1c(C)noc1C(C)C)CC2. The maximum atomic E-state index is 13.2. The largest absolute Gasteiger partial charge is 0.497 e. The van der Waals surface area contributed by atoms with Crippen LogP contribution in [0.3, 0.4) is 0 Å². The molecule has 0 fully saturated rings. The first-order valence-electron chi connectivity index (χ1n) is 8.38. The topological polar surface area (TPSA) is 55.6 Å². The van der Waals surface area contributed by atoms with E-state index in [1.165, 1.54) is 5.56 Å². The Kier molecular flexibility index (Phi) is 4.35. The summed E-state index contributed by atoms with van der Waals surface area (Å²) in [7, 11) is 1.66. The molecule has 3 rings (SSSR count). The van der Waals surface area contributed by atoms with Crippen LogP contribution < -0.4 is 4.74 Å². The average Bonchev–Trinajstić information content (AvgIpc) is 2.96. The van der Waals surface area contributed by atoms with Crippen LogP contribution in [0.5, 0.6) is 5.75 Å². The number of hydrogen-bond donors (Lipinski definition) is 0. The van der Waals surface area contributed by atoms with Crippen molar-refractivity contribution in [3.63, 3.8) is 0 Å². The summed E-state index contributed by atoms with van der Waals surface area (Å²) in [5.74, 6) is 1.61. The zero-order chi connectivity index (χ0) is 17.4. The van der Waals surface area contributed by atoms with Crippen LogP contribution in [-0.4, -0.2) is 29.6 Å². The number of aryl methyl sites for hydroxylation is 1. The third-order valence-corrected chi connectivity index (χ3v) is 4.78. The fourth-order valence-corrected chi connectivity index (χ4v) is 3.38. The summed E-state index contributed by atoms with van der Waals surface area (Å²) in [5, 5.41) is 4.01. The summed E-state index contributed by atoms with van der Waals surface area (Å²) in [4.78, 5) is 15.1. The highest BCUT2D eigenvalue weighted by molar-refractivity contribution is 5.96. The summed E-state index contributed by atoms with van der Waals surface area (Å²) in [6, 6.07) is 6.09. The van der Waals surface area contributed by atoms with Crippen LogP contribution in [0.15, 0.2) is 22.7 Å². The van der Waals surface area contributed by atoms with E-state index in [1.807, 2.05) is 37.8 Å². The Bertz CT molecular complexity index is 764. The Labute approximate surface area is 142 Å². The first kappa shape index (κ1) is 16.6. The third-order valence-electron chi connectivity index (χ3n) is 4.78. The van der Waals surface area contributed by atoms with Gasteiger partial charge in [0.2, 0.25) is 0 Å². The van der Waals surface area contributed by atoms with E-state index < -0.39 is 0 Å². The fourth-order valence-electron chi connectivity index (χ4n) is 3.38. The van der Waals surface area contributed by atoms with Crippen molar-refractivity contribution < 1.29 is 14.1 Å². The van der Waals surface area contributed by atoms with Gasteiger partial charge in [-0.3, -0.25) is 4.79 Å². The lowest BCUT2D eigenvalue weighted by Crippen LogP contribution is -2.39. The number of hydrogen-bond acceptors (Lipinski definition) is 4. The van der Waals surface area contributed by atoms with Gasteiger partial charge in [-0.05, 0) is 43.5 Å². The highest BCUT2D eigenvalue weighted by Gasteiger charge is 2.33. The summed E-state index contributed by atoms with van der Waals surface area (Å²) < 4.78 is 10.7. The molecule has 0 bridgehead atoms.